The maximum absolute atomic E-state index is 10.9. The van der Waals surface area contributed by atoms with E-state index in [1.165, 1.54) is 0 Å². The van der Waals surface area contributed by atoms with Crippen LogP contribution in [-0.4, -0.2) is 111 Å². The van der Waals surface area contributed by atoms with Gasteiger partial charge < -0.3 is 49.6 Å². The molecule has 0 spiro atoms. The highest BCUT2D eigenvalue weighted by Crippen LogP contribution is 2.36. The molecule has 2 heterocycles. The number of carbonyl (C=O) groups is 1. The van der Waals surface area contributed by atoms with E-state index in [1.807, 2.05) is 0 Å². The Morgan fingerprint density at radius 3 is 2.23 bits per heavy atom. The third kappa shape index (κ3) is 4.12. The van der Waals surface area contributed by atoms with Gasteiger partial charge in [0.05, 0.1) is 5.88 Å². The number of carbonyl (C=O) groups excluding carboxylic acids is 1. The minimum absolute atomic E-state index is 0.214. The highest BCUT2D eigenvalue weighted by atomic mass is 35.5. The number of ether oxygens (including phenoxy) is 4. The summed E-state index contributed by atoms with van der Waals surface area (Å²) >= 11 is 5.62. The number of halogens is 1. The second-order valence-electron chi connectivity index (χ2n) is 6.15. The van der Waals surface area contributed by atoms with Crippen molar-refractivity contribution in [1.29, 1.82) is 0 Å². The van der Waals surface area contributed by atoms with Gasteiger partial charge in [0.2, 0.25) is 5.79 Å². The third-order valence-corrected chi connectivity index (χ3v) is 4.62. The first-order valence-electron chi connectivity index (χ1n) is 7.88. The van der Waals surface area contributed by atoms with E-state index in [9.17, 15) is 35.4 Å². The molecule has 0 bridgehead atoms. The molecule has 11 nitrogen and oxygen atoms in total. The van der Waals surface area contributed by atoms with Gasteiger partial charge in [0, 0.05) is 6.92 Å². The van der Waals surface area contributed by atoms with Gasteiger partial charge in [-0.15, -0.1) is 11.6 Å². The third-order valence-electron chi connectivity index (χ3n) is 4.31. The van der Waals surface area contributed by atoms with Gasteiger partial charge in [-0.2, -0.15) is 0 Å². The SMILES string of the molecule is CC(=O)OC[C@H]1O[C@H](O[C@]2(CO)O[C@H](CCl)[C@@H](O)[C@@H]2O)[C@H](O)[C@@H](O)[C@@H]1O. The summed E-state index contributed by atoms with van der Waals surface area (Å²) in [7, 11) is 0. The summed E-state index contributed by atoms with van der Waals surface area (Å²) in [5, 5.41) is 59.6. The summed E-state index contributed by atoms with van der Waals surface area (Å²) in [5.41, 5.74) is 0. The van der Waals surface area contributed by atoms with E-state index in [2.05, 4.69) is 0 Å². The Bertz CT molecular complexity index is 494. The first kappa shape index (κ1) is 21.7. The standard InChI is InChI=1S/C14H23ClO11/c1-5(17)23-3-7-8(18)10(20)11(21)13(24-7)26-14(4-16)12(22)9(19)6(2-15)25-14/h6-13,16,18-22H,2-4H2,1H3/t6-,7-,8-,9-,10+,11-,12+,13-,14+/m1/s1. The van der Waals surface area contributed by atoms with Crippen molar-refractivity contribution in [3.05, 3.63) is 0 Å². The van der Waals surface area contributed by atoms with Crippen molar-refractivity contribution in [3.63, 3.8) is 0 Å². The lowest BCUT2D eigenvalue weighted by Gasteiger charge is -2.43. The molecule has 6 N–H and O–H groups in total. The maximum Gasteiger partial charge on any atom is 0.302 e. The molecule has 0 saturated carbocycles. The van der Waals surface area contributed by atoms with Crippen LogP contribution < -0.4 is 0 Å². The fourth-order valence-electron chi connectivity index (χ4n) is 2.80. The molecule has 26 heavy (non-hydrogen) atoms. The molecule has 0 aromatic heterocycles. The fraction of sp³-hybridized carbons (Fsp3) is 0.929. The summed E-state index contributed by atoms with van der Waals surface area (Å²) < 4.78 is 20.7. The van der Waals surface area contributed by atoms with E-state index < -0.39 is 74.0 Å². The zero-order valence-electron chi connectivity index (χ0n) is 13.8. The monoisotopic (exact) mass is 402 g/mol. The van der Waals surface area contributed by atoms with Gasteiger partial charge in [-0.1, -0.05) is 0 Å². The van der Waals surface area contributed by atoms with Crippen LogP contribution in [0.5, 0.6) is 0 Å². The lowest BCUT2D eigenvalue weighted by Crippen LogP contribution is -2.62. The minimum atomic E-state index is -2.18. The quantitative estimate of drug-likeness (QED) is 0.191. The Morgan fingerprint density at radius 2 is 1.73 bits per heavy atom. The second kappa shape index (κ2) is 8.61. The Balaban J connectivity index is 2.16. The Hall–Kier alpha value is -0.600. The Kier molecular flexibility index (Phi) is 7.18. The predicted octanol–water partition coefficient (Wildman–Crippen LogP) is -3.58. The molecule has 2 fully saturated rings. The first-order valence-corrected chi connectivity index (χ1v) is 8.42. The highest BCUT2D eigenvalue weighted by Gasteiger charge is 2.58. The van der Waals surface area contributed by atoms with Crippen LogP contribution in [0.4, 0.5) is 0 Å². The van der Waals surface area contributed by atoms with Crippen molar-refractivity contribution in [2.75, 3.05) is 19.1 Å². The average Bonchev–Trinajstić information content (AvgIpc) is 2.86. The van der Waals surface area contributed by atoms with E-state index in [4.69, 9.17) is 30.5 Å². The lowest BCUT2D eigenvalue weighted by atomic mass is 9.99. The van der Waals surface area contributed by atoms with Crippen LogP contribution in [0.1, 0.15) is 6.92 Å². The number of aliphatic hydroxyl groups is 6. The number of rotatable bonds is 6. The van der Waals surface area contributed by atoms with Crippen LogP contribution in [0.15, 0.2) is 0 Å². The Morgan fingerprint density at radius 1 is 1.08 bits per heavy atom. The summed E-state index contributed by atoms with van der Waals surface area (Å²) in [6.45, 7) is -0.243. The smallest absolute Gasteiger partial charge is 0.302 e. The molecule has 2 saturated heterocycles. The van der Waals surface area contributed by atoms with Crippen LogP contribution in [0, 0.1) is 0 Å². The van der Waals surface area contributed by atoms with Crippen LogP contribution in [0.25, 0.3) is 0 Å². The maximum atomic E-state index is 10.9. The van der Waals surface area contributed by atoms with Crippen LogP contribution in [0.2, 0.25) is 0 Å². The molecule has 0 radical (unpaired) electrons. The van der Waals surface area contributed by atoms with Crippen molar-refractivity contribution in [2.45, 2.75) is 61.7 Å². The van der Waals surface area contributed by atoms with Gasteiger partial charge in [0.1, 0.15) is 55.9 Å². The zero-order valence-corrected chi connectivity index (χ0v) is 14.6. The van der Waals surface area contributed by atoms with E-state index >= 15 is 0 Å². The highest BCUT2D eigenvalue weighted by molar-refractivity contribution is 6.18. The topological polar surface area (TPSA) is 175 Å². The van der Waals surface area contributed by atoms with Crippen molar-refractivity contribution in [2.24, 2.45) is 0 Å². The van der Waals surface area contributed by atoms with Gasteiger partial charge in [-0.05, 0) is 0 Å². The normalized spacial score (nSPS) is 46.3. The second-order valence-corrected chi connectivity index (χ2v) is 6.46. The first-order chi connectivity index (χ1) is 12.2. The molecular weight excluding hydrogens is 380 g/mol. The van der Waals surface area contributed by atoms with Crippen molar-refractivity contribution in [1.82, 2.24) is 0 Å². The molecule has 0 aromatic carbocycles. The molecule has 0 aliphatic carbocycles. The van der Waals surface area contributed by atoms with Gasteiger partial charge >= 0.3 is 5.97 Å². The molecule has 0 amide bonds. The number of hydrogen-bond acceptors (Lipinski definition) is 11. The summed E-state index contributed by atoms with van der Waals surface area (Å²) in [6, 6.07) is 0. The van der Waals surface area contributed by atoms with Crippen molar-refractivity contribution < 1.29 is 54.4 Å². The van der Waals surface area contributed by atoms with E-state index in [-0.39, 0.29) is 5.88 Å². The summed E-state index contributed by atoms with van der Waals surface area (Å²) in [6.07, 6.45) is -12.3. The van der Waals surface area contributed by atoms with E-state index in [0.29, 0.717) is 0 Å². The molecule has 12 heteroatoms. The van der Waals surface area contributed by atoms with Gasteiger partial charge in [-0.3, -0.25) is 4.79 Å². The summed E-state index contributed by atoms with van der Waals surface area (Å²) in [5.74, 6) is -3.06. The van der Waals surface area contributed by atoms with Crippen molar-refractivity contribution in [3.8, 4) is 0 Å². The molecule has 0 aromatic rings. The predicted molar refractivity (Wildman–Crippen MR) is 81.8 cm³/mol. The van der Waals surface area contributed by atoms with Gasteiger partial charge in [0.25, 0.3) is 0 Å². The van der Waals surface area contributed by atoms with Gasteiger partial charge in [-0.25, -0.2) is 0 Å². The fourth-order valence-corrected chi connectivity index (χ4v) is 3.04. The van der Waals surface area contributed by atoms with Crippen LogP contribution >= 0.6 is 11.6 Å². The Labute approximate surface area is 153 Å². The summed E-state index contributed by atoms with van der Waals surface area (Å²) in [4.78, 5) is 10.9. The molecule has 2 aliphatic rings. The number of esters is 1. The molecule has 9 atom stereocenters. The molecular formula is C14H23ClO11. The van der Waals surface area contributed by atoms with E-state index in [0.717, 1.165) is 6.92 Å². The number of aliphatic hydroxyl groups excluding tert-OH is 6. The number of alkyl halides is 1. The lowest BCUT2D eigenvalue weighted by molar-refractivity contribution is -0.382. The van der Waals surface area contributed by atoms with Crippen LogP contribution in [0.3, 0.4) is 0 Å². The zero-order chi connectivity index (χ0) is 19.6. The average molecular weight is 403 g/mol. The molecule has 2 aliphatic heterocycles. The van der Waals surface area contributed by atoms with Gasteiger partial charge in [0.15, 0.2) is 6.29 Å². The largest absolute Gasteiger partial charge is 0.463 e. The molecule has 2 rings (SSSR count). The molecule has 152 valence electrons. The number of hydrogen-bond donors (Lipinski definition) is 6. The van der Waals surface area contributed by atoms with Crippen molar-refractivity contribution >= 4 is 17.6 Å². The minimum Gasteiger partial charge on any atom is -0.463 e. The van der Waals surface area contributed by atoms with E-state index in [1.54, 1.807) is 0 Å². The molecule has 0 unspecified atom stereocenters. The van der Waals surface area contributed by atoms with Crippen LogP contribution in [-0.2, 0) is 23.7 Å².